The summed E-state index contributed by atoms with van der Waals surface area (Å²) in [5.74, 6) is -3.65. The van der Waals surface area contributed by atoms with E-state index < -0.39 is 70.1 Å². The smallest absolute Gasteiger partial charge is 0.433 e. The summed E-state index contributed by atoms with van der Waals surface area (Å²) in [5.41, 5.74) is -4.58. The molecule has 1 N–H and O–H groups in total. The Bertz CT molecular complexity index is 1440. The number of aromatic nitrogens is 2. The number of halogens is 6. The van der Waals surface area contributed by atoms with Gasteiger partial charge in [-0.3, -0.25) is 19.1 Å². The first kappa shape index (κ1) is 31.7. The normalized spacial score (nSPS) is 28.7. The van der Waals surface area contributed by atoms with E-state index in [1.165, 1.54) is 0 Å². The van der Waals surface area contributed by atoms with Crippen LogP contribution < -0.4 is 0 Å². The Morgan fingerprint density at radius 1 is 1.07 bits per heavy atom. The number of nitrogens with zero attached hydrogens (tertiary/aromatic N) is 3. The van der Waals surface area contributed by atoms with Gasteiger partial charge in [-0.15, -0.1) is 0 Å². The van der Waals surface area contributed by atoms with Crippen molar-refractivity contribution in [2.45, 2.75) is 88.6 Å². The number of fused-ring (bicyclic) bond motifs is 2. The average Bonchev–Trinajstić information content (AvgIpc) is 3.58. The number of carbonyl (C=O) groups excluding carboxylic acids is 2. The number of hydrogen-bond acceptors (Lipinski definition) is 5. The van der Waals surface area contributed by atoms with Gasteiger partial charge in [0, 0.05) is 0 Å². The Balaban J connectivity index is 1.49. The molecule has 2 aromatic rings. The van der Waals surface area contributed by atoms with Crippen LogP contribution in [0.3, 0.4) is 0 Å². The molecule has 1 aliphatic carbocycles. The monoisotopic (exact) mass is 647 g/mol. The molecule has 0 atom stereocenters. The molecule has 1 saturated carbocycles. The third kappa shape index (κ3) is 6.02. The number of carboxylic acid groups (broad SMARTS) is 1. The van der Waals surface area contributed by atoms with E-state index in [0.29, 0.717) is 25.7 Å². The Hall–Kier alpha value is -2.70. The zero-order valence-electron chi connectivity index (χ0n) is 23.6. The van der Waals surface area contributed by atoms with Crippen molar-refractivity contribution < 1.29 is 41.8 Å². The first-order valence-corrected chi connectivity index (χ1v) is 14.8. The van der Waals surface area contributed by atoms with Crippen LogP contribution in [0.15, 0.2) is 18.3 Å². The zero-order valence-corrected chi connectivity index (χ0v) is 25.1. The van der Waals surface area contributed by atoms with Crippen LogP contribution in [0.25, 0.3) is 0 Å². The molecule has 1 aromatic carbocycles. The van der Waals surface area contributed by atoms with Crippen LogP contribution in [0.1, 0.15) is 97.7 Å². The van der Waals surface area contributed by atoms with E-state index in [-0.39, 0.29) is 47.8 Å². The van der Waals surface area contributed by atoms with Gasteiger partial charge in [0.2, 0.25) is 0 Å². The van der Waals surface area contributed by atoms with Crippen molar-refractivity contribution in [1.82, 2.24) is 14.7 Å². The molecule has 14 heteroatoms. The molecular formula is C29H31Cl2F4N3O5. The van der Waals surface area contributed by atoms with Crippen LogP contribution in [0.4, 0.5) is 17.6 Å². The molecule has 1 amide bonds. The highest BCUT2D eigenvalue weighted by Gasteiger charge is 2.54. The van der Waals surface area contributed by atoms with Gasteiger partial charge in [0.15, 0.2) is 11.5 Å². The van der Waals surface area contributed by atoms with Crippen molar-refractivity contribution in [2.75, 3.05) is 13.1 Å². The van der Waals surface area contributed by atoms with E-state index in [4.69, 9.17) is 27.9 Å². The number of carboxylic acids is 1. The van der Waals surface area contributed by atoms with Gasteiger partial charge in [-0.1, -0.05) is 23.2 Å². The Kier molecular flexibility index (Phi) is 8.13. The Labute approximate surface area is 255 Å². The first-order chi connectivity index (χ1) is 20.0. The molecular weight excluding hydrogens is 617 g/mol. The molecule has 3 aliphatic rings. The quantitative estimate of drug-likeness (QED) is 0.245. The molecule has 2 aliphatic heterocycles. The molecule has 234 valence electrons. The number of Topliss-reactive ketones (excluding diaryl/α,β-unsaturated/α-hetero) is 1. The van der Waals surface area contributed by atoms with E-state index in [1.54, 1.807) is 6.92 Å². The van der Waals surface area contributed by atoms with Crippen LogP contribution in [0, 0.1) is 11.2 Å². The van der Waals surface area contributed by atoms with Crippen LogP contribution in [-0.4, -0.2) is 61.7 Å². The van der Waals surface area contributed by atoms with Crippen molar-refractivity contribution in [3.8, 4) is 0 Å². The number of carbonyl (C=O) groups is 3. The third-order valence-electron chi connectivity index (χ3n) is 9.28. The largest absolute Gasteiger partial charge is 0.481 e. The number of alkyl halides is 3. The summed E-state index contributed by atoms with van der Waals surface area (Å²) < 4.78 is 64.6. The predicted molar refractivity (Wildman–Crippen MR) is 148 cm³/mol. The molecule has 1 aromatic heterocycles. The molecule has 2 bridgehead atoms. The summed E-state index contributed by atoms with van der Waals surface area (Å²) in [6.45, 7) is 2.64. The molecule has 43 heavy (non-hydrogen) atoms. The number of hydrogen-bond donors (Lipinski definition) is 1. The lowest BCUT2D eigenvalue weighted by Crippen LogP contribution is -2.47. The fraction of sp³-hybridized carbons (Fsp3) is 0.586. The molecule has 0 unspecified atom stereocenters. The second-order valence-electron chi connectivity index (χ2n) is 12.5. The number of rotatable bonds is 8. The highest BCUT2D eigenvalue weighted by atomic mass is 35.5. The van der Waals surface area contributed by atoms with Crippen LogP contribution in [0.2, 0.25) is 10.0 Å². The maximum atomic E-state index is 14.6. The molecule has 5 rings (SSSR count). The van der Waals surface area contributed by atoms with Crippen molar-refractivity contribution in [1.29, 1.82) is 0 Å². The van der Waals surface area contributed by atoms with Crippen molar-refractivity contribution in [2.24, 2.45) is 5.41 Å². The van der Waals surface area contributed by atoms with E-state index in [9.17, 15) is 37.1 Å². The van der Waals surface area contributed by atoms with Crippen LogP contribution in [0.5, 0.6) is 0 Å². The second-order valence-corrected chi connectivity index (χ2v) is 13.3. The van der Waals surface area contributed by atoms with E-state index in [2.05, 4.69) is 5.10 Å². The summed E-state index contributed by atoms with van der Waals surface area (Å²) in [6, 6.07) is 1.00. The van der Waals surface area contributed by atoms with Crippen LogP contribution in [-0.2, 0) is 15.7 Å². The zero-order chi connectivity index (χ0) is 31.5. The van der Waals surface area contributed by atoms with Gasteiger partial charge in [0.1, 0.15) is 5.82 Å². The number of amides is 1. The summed E-state index contributed by atoms with van der Waals surface area (Å²) in [6.07, 6.45) is -1.11. The molecule has 3 fully saturated rings. The van der Waals surface area contributed by atoms with Gasteiger partial charge in [-0.25, -0.2) is 4.39 Å². The lowest BCUT2D eigenvalue weighted by atomic mass is 9.74. The lowest BCUT2D eigenvalue weighted by Gasteiger charge is -2.35. The third-order valence-corrected chi connectivity index (χ3v) is 9.88. The second kappa shape index (κ2) is 11.0. The maximum absolute atomic E-state index is 14.6. The van der Waals surface area contributed by atoms with Gasteiger partial charge in [0.05, 0.1) is 63.1 Å². The van der Waals surface area contributed by atoms with Crippen molar-refractivity contribution in [3.05, 3.63) is 51.0 Å². The molecule has 0 radical (unpaired) electrons. The van der Waals surface area contributed by atoms with E-state index in [0.717, 1.165) is 27.9 Å². The summed E-state index contributed by atoms with van der Waals surface area (Å²) in [7, 11) is 0. The highest BCUT2D eigenvalue weighted by molar-refractivity contribution is 6.40. The van der Waals surface area contributed by atoms with Gasteiger partial charge >= 0.3 is 12.1 Å². The first-order valence-electron chi connectivity index (χ1n) is 14.0. The Morgan fingerprint density at radius 3 is 2.14 bits per heavy atom. The minimum Gasteiger partial charge on any atom is -0.481 e. The number of aliphatic carboxylic acids is 1. The molecule has 8 nitrogen and oxygen atoms in total. The highest BCUT2D eigenvalue weighted by Crippen LogP contribution is 2.51. The van der Waals surface area contributed by atoms with Gasteiger partial charge in [-0.05, 0) is 77.3 Å². The fourth-order valence-electron chi connectivity index (χ4n) is 6.71. The van der Waals surface area contributed by atoms with Crippen LogP contribution >= 0.6 is 23.2 Å². The van der Waals surface area contributed by atoms with Crippen molar-refractivity contribution >= 4 is 40.9 Å². The SMILES string of the molecule is CC12CCC(CN(CC(=O)c3c(Cl)cc(F)cc3Cl)C(=O)c3cnn([C@H]4CC[C@](C)(C(=O)O)CC4)c3C(F)(F)F)(CC1)O2. The maximum Gasteiger partial charge on any atom is 0.433 e. The fourth-order valence-corrected chi connectivity index (χ4v) is 7.38. The van der Waals surface area contributed by atoms with E-state index in [1.807, 2.05) is 6.92 Å². The lowest BCUT2D eigenvalue weighted by molar-refractivity contribution is -0.152. The van der Waals surface area contributed by atoms with Gasteiger partial charge in [0.25, 0.3) is 5.91 Å². The number of ketones is 1. The minimum absolute atomic E-state index is 0.125. The topological polar surface area (TPSA) is 102 Å². The van der Waals surface area contributed by atoms with Gasteiger partial charge in [-0.2, -0.15) is 18.3 Å². The Morgan fingerprint density at radius 2 is 1.65 bits per heavy atom. The molecule has 0 spiro atoms. The summed E-state index contributed by atoms with van der Waals surface area (Å²) in [4.78, 5) is 40.1. The molecule has 3 heterocycles. The van der Waals surface area contributed by atoms with Gasteiger partial charge < -0.3 is 14.7 Å². The summed E-state index contributed by atoms with van der Waals surface area (Å²) >= 11 is 12.2. The number of ether oxygens (including phenoxy) is 1. The minimum atomic E-state index is -4.98. The molecule has 2 saturated heterocycles. The number of benzene rings is 1. The average molecular weight is 648 g/mol. The summed E-state index contributed by atoms with van der Waals surface area (Å²) in [5, 5.41) is 12.9. The van der Waals surface area contributed by atoms with E-state index >= 15 is 0 Å². The predicted octanol–water partition coefficient (Wildman–Crippen LogP) is 6.98. The van der Waals surface area contributed by atoms with Crippen molar-refractivity contribution in [3.63, 3.8) is 0 Å². The standard InChI is InChI=1S/C29H31Cl2F4N3O5/c1-26(25(41)42)5-3-17(4-6-26)38-23(29(33,34)35)18(13-36-38)24(40)37(15-28-9-7-27(2,43-28)8-10-28)14-21(39)22-19(30)11-16(32)12-20(22)31/h11-13,17H,3-10,14-15H2,1-2H3,(H,41,42)/t17-,26-,27?,28?.